The van der Waals surface area contributed by atoms with E-state index in [0.717, 1.165) is 23.5 Å². The maximum Gasteiger partial charge on any atom is 0.417 e. The number of carboxylic acids is 1. The molecule has 6 heteroatoms. The van der Waals surface area contributed by atoms with Crippen molar-refractivity contribution in [2.45, 2.75) is 6.18 Å². The van der Waals surface area contributed by atoms with Crippen LogP contribution in [-0.4, -0.2) is 11.1 Å². The fourth-order valence-corrected chi connectivity index (χ4v) is 2.34. The van der Waals surface area contributed by atoms with Gasteiger partial charge in [-0.3, -0.25) is 0 Å². The lowest BCUT2D eigenvalue weighted by molar-refractivity contribution is -0.136. The smallest absolute Gasteiger partial charge is 0.417 e. The lowest BCUT2D eigenvalue weighted by atomic mass is 10.1. The van der Waals surface area contributed by atoms with Gasteiger partial charge in [-0.25, -0.2) is 4.79 Å². The Morgan fingerprint density at radius 3 is 2.56 bits per heavy atom. The Bertz CT molecular complexity index is 557. The molecule has 0 saturated heterocycles. The Labute approximate surface area is 91.9 Å². The van der Waals surface area contributed by atoms with E-state index in [1.54, 1.807) is 0 Å². The SMILES string of the molecule is O=C(O)c1cc2c(C(F)(F)F)cccc2s1. The van der Waals surface area contributed by atoms with Crippen molar-refractivity contribution in [2.75, 3.05) is 0 Å². The van der Waals surface area contributed by atoms with Crippen LogP contribution in [0.15, 0.2) is 24.3 Å². The van der Waals surface area contributed by atoms with E-state index in [1.807, 2.05) is 0 Å². The lowest BCUT2D eigenvalue weighted by Gasteiger charge is -2.06. The predicted octanol–water partition coefficient (Wildman–Crippen LogP) is 3.62. The molecular formula is C10H5F3O2S. The second-order valence-corrected chi connectivity index (χ2v) is 4.21. The van der Waals surface area contributed by atoms with E-state index in [0.29, 0.717) is 4.70 Å². The highest BCUT2D eigenvalue weighted by Gasteiger charge is 2.33. The Morgan fingerprint density at radius 2 is 2.00 bits per heavy atom. The van der Waals surface area contributed by atoms with Crippen LogP contribution < -0.4 is 0 Å². The van der Waals surface area contributed by atoms with Gasteiger partial charge >= 0.3 is 12.1 Å². The molecule has 0 aliphatic rings. The molecule has 1 heterocycles. The van der Waals surface area contributed by atoms with Crippen molar-refractivity contribution in [1.82, 2.24) is 0 Å². The summed E-state index contributed by atoms with van der Waals surface area (Å²) in [5, 5.41) is 8.65. The molecule has 0 fully saturated rings. The minimum absolute atomic E-state index is 0.0580. The maximum atomic E-state index is 12.6. The number of benzene rings is 1. The standard InChI is InChI=1S/C10H5F3O2S/c11-10(12,13)6-2-1-3-7-5(6)4-8(16-7)9(14)15/h1-4H,(H,14,15). The van der Waals surface area contributed by atoms with Crippen LogP contribution >= 0.6 is 11.3 Å². The van der Waals surface area contributed by atoms with Crippen LogP contribution in [-0.2, 0) is 6.18 Å². The molecule has 1 N–H and O–H groups in total. The predicted molar refractivity (Wildman–Crippen MR) is 53.8 cm³/mol. The Kier molecular flexibility index (Phi) is 2.38. The number of hydrogen-bond acceptors (Lipinski definition) is 2. The average molecular weight is 246 g/mol. The molecule has 0 bridgehead atoms. The van der Waals surface area contributed by atoms with Crippen molar-refractivity contribution >= 4 is 27.4 Å². The highest BCUT2D eigenvalue weighted by atomic mass is 32.1. The molecule has 0 aliphatic carbocycles. The van der Waals surface area contributed by atoms with Gasteiger partial charge in [0.1, 0.15) is 4.88 Å². The third kappa shape index (κ3) is 1.76. The van der Waals surface area contributed by atoms with E-state index in [1.165, 1.54) is 12.1 Å². The fourth-order valence-electron chi connectivity index (χ4n) is 1.41. The quantitative estimate of drug-likeness (QED) is 0.834. The summed E-state index contributed by atoms with van der Waals surface area (Å²) in [5.74, 6) is -1.21. The van der Waals surface area contributed by atoms with Gasteiger partial charge in [0.25, 0.3) is 0 Å². The van der Waals surface area contributed by atoms with E-state index in [2.05, 4.69) is 0 Å². The van der Waals surface area contributed by atoms with Gasteiger partial charge in [-0.2, -0.15) is 13.2 Å². The van der Waals surface area contributed by atoms with Gasteiger partial charge in [0.15, 0.2) is 0 Å². The summed E-state index contributed by atoms with van der Waals surface area (Å²) in [7, 11) is 0. The van der Waals surface area contributed by atoms with E-state index in [4.69, 9.17) is 5.11 Å². The third-order valence-corrected chi connectivity index (χ3v) is 3.17. The summed E-state index contributed by atoms with van der Waals surface area (Å²) >= 11 is 0.836. The number of thiophene rings is 1. The van der Waals surface area contributed by atoms with Crippen LogP contribution in [0.5, 0.6) is 0 Å². The molecule has 1 aromatic carbocycles. The molecule has 0 spiro atoms. The van der Waals surface area contributed by atoms with Crippen LogP contribution in [0.3, 0.4) is 0 Å². The number of carboxylic acid groups (broad SMARTS) is 1. The van der Waals surface area contributed by atoms with Gasteiger partial charge in [-0.05, 0) is 18.2 Å². The molecule has 0 radical (unpaired) electrons. The number of rotatable bonds is 1. The second-order valence-electron chi connectivity index (χ2n) is 3.13. The normalized spacial score (nSPS) is 11.9. The molecule has 1 aromatic heterocycles. The first-order valence-electron chi connectivity index (χ1n) is 4.22. The van der Waals surface area contributed by atoms with Crippen molar-refractivity contribution in [1.29, 1.82) is 0 Å². The molecular weight excluding hydrogens is 241 g/mol. The molecule has 0 unspecified atom stereocenters. The van der Waals surface area contributed by atoms with E-state index >= 15 is 0 Å². The fraction of sp³-hybridized carbons (Fsp3) is 0.100. The van der Waals surface area contributed by atoms with E-state index < -0.39 is 17.7 Å². The van der Waals surface area contributed by atoms with Crippen molar-refractivity contribution < 1.29 is 23.1 Å². The van der Waals surface area contributed by atoms with Gasteiger partial charge in [0.05, 0.1) is 5.56 Å². The van der Waals surface area contributed by atoms with Crippen molar-refractivity contribution in [2.24, 2.45) is 0 Å². The highest BCUT2D eigenvalue weighted by molar-refractivity contribution is 7.20. The van der Waals surface area contributed by atoms with Gasteiger partial charge < -0.3 is 5.11 Å². The zero-order chi connectivity index (χ0) is 11.9. The van der Waals surface area contributed by atoms with Crippen molar-refractivity contribution in [3.05, 3.63) is 34.7 Å². The summed E-state index contributed by atoms with van der Waals surface area (Å²) in [4.78, 5) is 10.6. The molecule has 0 aliphatic heterocycles. The Morgan fingerprint density at radius 1 is 1.31 bits per heavy atom. The summed E-state index contributed by atoms with van der Waals surface area (Å²) in [6.07, 6.45) is -4.46. The summed E-state index contributed by atoms with van der Waals surface area (Å²) in [6.45, 7) is 0. The Balaban J connectivity index is 2.73. The number of halogens is 3. The summed E-state index contributed by atoms with van der Waals surface area (Å²) in [6, 6.07) is 4.75. The molecule has 0 amide bonds. The number of fused-ring (bicyclic) bond motifs is 1. The van der Waals surface area contributed by atoms with Crippen molar-refractivity contribution in [3.63, 3.8) is 0 Å². The van der Waals surface area contributed by atoms with Gasteiger partial charge in [0, 0.05) is 10.1 Å². The molecule has 16 heavy (non-hydrogen) atoms. The van der Waals surface area contributed by atoms with Gasteiger partial charge in [0.2, 0.25) is 0 Å². The highest BCUT2D eigenvalue weighted by Crippen LogP contribution is 2.37. The number of hydrogen-bond donors (Lipinski definition) is 1. The largest absolute Gasteiger partial charge is 0.477 e. The first-order valence-corrected chi connectivity index (χ1v) is 5.04. The van der Waals surface area contributed by atoms with Crippen LogP contribution in [0.2, 0.25) is 0 Å². The molecule has 2 rings (SSSR count). The minimum atomic E-state index is -4.46. The van der Waals surface area contributed by atoms with E-state index in [-0.39, 0.29) is 10.3 Å². The number of carbonyl (C=O) groups is 1. The summed E-state index contributed by atoms with van der Waals surface area (Å²) in [5.41, 5.74) is -0.797. The molecule has 0 atom stereocenters. The lowest BCUT2D eigenvalue weighted by Crippen LogP contribution is -2.04. The topological polar surface area (TPSA) is 37.3 Å². The van der Waals surface area contributed by atoms with Crippen molar-refractivity contribution in [3.8, 4) is 0 Å². The van der Waals surface area contributed by atoms with Crippen LogP contribution in [0, 0.1) is 0 Å². The zero-order valence-corrected chi connectivity index (χ0v) is 8.52. The maximum absolute atomic E-state index is 12.6. The second kappa shape index (κ2) is 3.48. The molecule has 2 aromatic rings. The average Bonchev–Trinajstić information content (AvgIpc) is 2.58. The zero-order valence-electron chi connectivity index (χ0n) is 7.71. The molecule has 2 nitrogen and oxygen atoms in total. The summed E-state index contributed by atoms with van der Waals surface area (Å²) < 4.78 is 38.1. The molecule has 0 saturated carbocycles. The van der Waals surface area contributed by atoms with E-state index in [9.17, 15) is 18.0 Å². The number of alkyl halides is 3. The monoisotopic (exact) mass is 246 g/mol. The first-order chi connectivity index (χ1) is 7.39. The van der Waals surface area contributed by atoms with Crippen LogP contribution in [0.1, 0.15) is 15.2 Å². The Hall–Kier alpha value is -1.56. The third-order valence-electron chi connectivity index (χ3n) is 2.08. The number of aromatic carboxylic acids is 1. The van der Waals surface area contributed by atoms with Crippen LogP contribution in [0.4, 0.5) is 13.2 Å². The van der Waals surface area contributed by atoms with Gasteiger partial charge in [-0.15, -0.1) is 11.3 Å². The van der Waals surface area contributed by atoms with Gasteiger partial charge in [-0.1, -0.05) is 6.07 Å². The minimum Gasteiger partial charge on any atom is -0.477 e. The first kappa shape index (κ1) is 10.9. The molecule has 84 valence electrons. The van der Waals surface area contributed by atoms with Crippen LogP contribution in [0.25, 0.3) is 10.1 Å².